The highest BCUT2D eigenvalue weighted by Gasteiger charge is 2.06. The van der Waals surface area contributed by atoms with E-state index in [0.717, 1.165) is 26.9 Å². The van der Waals surface area contributed by atoms with E-state index < -0.39 is 0 Å². The van der Waals surface area contributed by atoms with E-state index in [9.17, 15) is 0 Å². The van der Waals surface area contributed by atoms with Crippen LogP contribution in [0.15, 0.2) is 40.9 Å². The molecular formula is C15H13BrN2. The predicted octanol–water partition coefficient (Wildman–Crippen LogP) is 4.61. The Morgan fingerprint density at radius 2 is 1.89 bits per heavy atom. The lowest BCUT2D eigenvalue weighted by molar-refractivity contribution is 1.32. The molecular weight excluding hydrogens is 288 g/mol. The van der Waals surface area contributed by atoms with Gasteiger partial charge in [-0.05, 0) is 43.2 Å². The van der Waals surface area contributed by atoms with Gasteiger partial charge in [0.15, 0.2) is 0 Å². The van der Waals surface area contributed by atoms with Gasteiger partial charge in [0.05, 0.1) is 11.0 Å². The van der Waals surface area contributed by atoms with Crippen molar-refractivity contribution >= 4 is 27.0 Å². The Morgan fingerprint density at radius 1 is 1.06 bits per heavy atom. The second kappa shape index (κ2) is 4.25. The van der Waals surface area contributed by atoms with Crippen molar-refractivity contribution in [3.05, 3.63) is 52.0 Å². The number of rotatable bonds is 1. The lowest BCUT2D eigenvalue weighted by Crippen LogP contribution is -1.82. The molecule has 0 aliphatic rings. The third-order valence-electron chi connectivity index (χ3n) is 3.08. The van der Waals surface area contributed by atoms with Crippen LogP contribution in [0.2, 0.25) is 0 Å². The minimum absolute atomic E-state index is 0.913. The van der Waals surface area contributed by atoms with E-state index in [1.54, 1.807) is 0 Å². The second-order valence-corrected chi connectivity index (χ2v) is 5.42. The van der Waals surface area contributed by atoms with Gasteiger partial charge in [-0.25, -0.2) is 4.98 Å². The molecule has 2 aromatic carbocycles. The van der Waals surface area contributed by atoms with Crippen molar-refractivity contribution in [1.82, 2.24) is 9.97 Å². The zero-order chi connectivity index (χ0) is 12.7. The van der Waals surface area contributed by atoms with Crippen LogP contribution in [0.25, 0.3) is 22.4 Å². The fourth-order valence-electron chi connectivity index (χ4n) is 2.00. The number of nitrogens with zero attached hydrogens (tertiary/aromatic N) is 1. The van der Waals surface area contributed by atoms with Gasteiger partial charge in [-0.1, -0.05) is 34.1 Å². The van der Waals surface area contributed by atoms with Crippen molar-refractivity contribution in [2.75, 3.05) is 0 Å². The smallest absolute Gasteiger partial charge is 0.138 e. The summed E-state index contributed by atoms with van der Waals surface area (Å²) in [6, 6.07) is 12.5. The van der Waals surface area contributed by atoms with Crippen LogP contribution in [-0.2, 0) is 0 Å². The van der Waals surface area contributed by atoms with E-state index >= 15 is 0 Å². The number of aryl methyl sites for hydroxylation is 2. The molecule has 3 rings (SSSR count). The second-order valence-electron chi connectivity index (χ2n) is 4.57. The van der Waals surface area contributed by atoms with Crippen LogP contribution >= 0.6 is 15.9 Å². The van der Waals surface area contributed by atoms with Gasteiger partial charge in [-0.3, -0.25) is 0 Å². The van der Waals surface area contributed by atoms with Crippen LogP contribution < -0.4 is 0 Å². The summed E-state index contributed by atoms with van der Waals surface area (Å²) in [5.41, 5.74) is 5.66. The van der Waals surface area contributed by atoms with E-state index in [2.05, 4.69) is 70.1 Å². The van der Waals surface area contributed by atoms with Gasteiger partial charge >= 0.3 is 0 Å². The first-order valence-electron chi connectivity index (χ1n) is 5.86. The summed E-state index contributed by atoms with van der Waals surface area (Å²) in [5.74, 6) is 0.913. The summed E-state index contributed by atoms with van der Waals surface area (Å²) in [5, 5.41) is 0. The SMILES string of the molecule is Cc1ccc2nc(-c3ccc(C)c(Br)c3)[nH]c2c1. The van der Waals surface area contributed by atoms with Gasteiger partial charge in [0.1, 0.15) is 5.82 Å². The Kier molecular flexibility index (Phi) is 2.71. The molecule has 0 amide bonds. The number of fused-ring (bicyclic) bond motifs is 1. The summed E-state index contributed by atoms with van der Waals surface area (Å²) in [6.45, 7) is 4.16. The van der Waals surface area contributed by atoms with Crippen LogP contribution in [0.1, 0.15) is 11.1 Å². The Hall–Kier alpha value is -1.61. The van der Waals surface area contributed by atoms with Crippen molar-refractivity contribution in [2.45, 2.75) is 13.8 Å². The number of halogens is 1. The molecule has 3 heteroatoms. The third-order valence-corrected chi connectivity index (χ3v) is 3.94. The zero-order valence-corrected chi connectivity index (χ0v) is 11.9. The van der Waals surface area contributed by atoms with E-state index in [-0.39, 0.29) is 0 Å². The Labute approximate surface area is 114 Å². The number of benzene rings is 2. The molecule has 18 heavy (non-hydrogen) atoms. The fraction of sp³-hybridized carbons (Fsp3) is 0.133. The molecule has 3 aromatic rings. The number of hydrogen-bond donors (Lipinski definition) is 1. The molecule has 0 aliphatic carbocycles. The van der Waals surface area contributed by atoms with Crippen LogP contribution in [0.3, 0.4) is 0 Å². The number of aromatic amines is 1. The predicted molar refractivity (Wildman–Crippen MR) is 78.7 cm³/mol. The van der Waals surface area contributed by atoms with Gasteiger partial charge in [0.25, 0.3) is 0 Å². The van der Waals surface area contributed by atoms with Crippen molar-refractivity contribution in [2.24, 2.45) is 0 Å². The number of nitrogens with one attached hydrogen (secondary N) is 1. The van der Waals surface area contributed by atoms with Crippen molar-refractivity contribution < 1.29 is 0 Å². The molecule has 0 spiro atoms. The van der Waals surface area contributed by atoms with Gasteiger partial charge in [-0.15, -0.1) is 0 Å². The minimum Gasteiger partial charge on any atom is -0.338 e. The first kappa shape index (κ1) is 11.5. The highest BCUT2D eigenvalue weighted by molar-refractivity contribution is 9.10. The number of aromatic nitrogens is 2. The average Bonchev–Trinajstić information content (AvgIpc) is 2.75. The molecule has 90 valence electrons. The molecule has 1 aromatic heterocycles. The standard InChI is InChI=1S/C15H13BrN2/c1-9-3-6-13-14(7-9)18-15(17-13)11-5-4-10(2)12(16)8-11/h3-8H,1-2H3,(H,17,18). The van der Waals surface area contributed by atoms with E-state index in [1.165, 1.54) is 11.1 Å². The Morgan fingerprint density at radius 3 is 2.67 bits per heavy atom. The number of imidazole rings is 1. The molecule has 2 nitrogen and oxygen atoms in total. The first-order chi connectivity index (χ1) is 8.63. The zero-order valence-electron chi connectivity index (χ0n) is 10.3. The molecule has 1 N–H and O–H groups in total. The molecule has 0 radical (unpaired) electrons. The molecule has 0 saturated carbocycles. The van der Waals surface area contributed by atoms with E-state index in [1.807, 2.05) is 6.07 Å². The maximum Gasteiger partial charge on any atom is 0.138 e. The molecule has 1 heterocycles. The quantitative estimate of drug-likeness (QED) is 0.698. The number of H-pyrrole nitrogens is 1. The van der Waals surface area contributed by atoms with Crippen LogP contribution in [0.5, 0.6) is 0 Å². The average molecular weight is 301 g/mol. The Balaban J connectivity index is 2.16. The summed E-state index contributed by atoms with van der Waals surface area (Å²) in [4.78, 5) is 7.99. The minimum atomic E-state index is 0.913. The molecule has 0 fully saturated rings. The van der Waals surface area contributed by atoms with Gasteiger partial charge < -0.3 is 4.98 Å². The fourth-order valence-corrected chi connectivity index (χ4v) is 2.38. The molecule has 0 saturated heterocycles. The lowest BCUT2D eigenvalue weighted by atomic mass is 10.1. The van der Waals surface area contributed by atoms with E-state index in [4.69, 9.17) is 0 Å². The normalized spacial score (nSPS) is 11.1. The van der Waals surface area contributed by atoms with Crippen LogP contribution in [-0.4, -0.2) is 9.97 Å². The molecule has 0 atom stereocenters. The van der Waals surface area contributed by atoms with E-state index in [0.29, 0.717) is 0 Å². The van der Waals surface area contributed by atoms with Crippen molar-refractivity contribution in [3.63, 3.8) is 0 Å². The summed E-state index contributed by atoms with van der Waals surface area (Å²) >= 11 is 3.56. The summed E-state index contributed by atoms with van der Waals surface area (Å²) in [6.07, 6.45) is 0. The van der Waals surface area contributed by atoms with Crippen LogP contribution in [0.4, 0.5) is 0 Å². The molecule has 0 unspecified atom stereocenters. The molecule has 0 bridgehead atoms. The monoisotopic (exact) mass is 300 g/mol. The van der Waals surface area contributed by atoms with Crippen molar-refractivity contribution in [1.29, 1.82) is 0 Å². The van der Waals surface area contributed by atoms with Gasteiger partial charge in [-0.2, -0.15) is 0 Å². The maximum atomic E-state index is 4.62. The highest BCUT2D eigenvalue weighted by Crippen LogP contribution is 2.25. The van der Waals surface area contributed by atoms with Crippen LogP contribution in [0, 0.1) is 13.8 Å². The lowest BCUT2D eigenvalue weighted by Gasteiger charge is -2.00. The largest absolute Gasteiger partial charge is 0.338 e. The van der Waals surface area contributed by atoms with Gasteiger partial charge in [0.2, 0.25) is 0 Å². The maximum absolute atomic E-state index is 4.62. The summed E-state index contributed by atoms with van der Waals surface area (Å²) in [7, 11) is 0. The topological polar surface area (TPSA) is 28.7 Å². The molecule has 0 aliphatic heterocycles. The Bertz CT molecular complexity index is 728. The number of hydrogen-bond acceptors (Lipinski definition) is 1. The highest BCUT2D eigenvalue weighted by atomic mass is 79.9. The van der Waals surface area contributed by atoms with Crippen molar-refractivity contribution in [3.8, 4) is 11.4 Å². The first-order valence-corrected chi connectivity index (χ1v) is 6.66. The third kappa shape index (κ3) is 1.95. The summed E-state index contributed by atoms with van der Waals surface area (Å²) < 4.78 is 1.11. The van der Waals surface area contributed by atoms with Gasteiger partial charge in [0, 0.05) is 10.0 Å².